The van der Waals surface area contributed by atoms with E-state index in [1.807, 2.05) is 48.5 Å². The van der Waals surface area contributed by atoms with E-state index in [-0.39, 0.29) is 0 Å². The van der Waals surface area contributed by atoms with Gasteiger partial charge in [0.1, 0.15) is 22.3 Å². The van der Waals surface area contributed by atoms with Crippen molar-refractivity contribution in [2.45, 2.75) is 0 Å². The Hall–Kier alpha value is -7.37. The van der Waals surface area contributed by atoms with Gasteiger partial charge in [0.2, 0.25) is 0 Å². The molecule has 8 aromatic carbocycles. The van der Waals surface area contributed by atoms with Gasteiger partial charge in [-0.15, -0.1) is 0 Å². The third-order valence-electron chi connectivity index (χ3n) is 10.4. The van der Waals surface area contributed by atoms with Crippen molar-refractivity contribution in [1.29, 1.82) is 0 Å². The van der Waals surface area contributed by atoms with Gasteiger partial charge in [-0.1, -0.05) is 152 Å². The molecule has 0 aliphatic heterocycles. The number of para-hydroxylation sites is 2. The highest BCUT2D eigenvalue weighted by Gasteiger charge is 2.20. The molecule has 5 heteroatoms. The van der Waals surface area contributed by atoms with Gasteiger partial charge in [0.15, 0.2) is 17.5 Å². The van der Waals surface area contributed by atoms with Crippen LogP contribution in [0.3, 0.4) is 0 Å². The van der Waals surface area contributed by atoms with Crippen molar-refractivity contribution in [1.82, 2.24) is 15.0 Å². The van der Waals surface area contributed by atoms with Gasteiger partial charge in [0.05, 0.1) is 0 Å². The number of furan rings is 2. The van der Waals surface area contributed by atoms with E-state index in [0.29, 0.717) is 17.5 Å². The standard InChI is InChI=1S/C49H29N3O2/c1-3-12-30(13-4-1)31-22-24-33(25-23-31)48-50-47(32-14-5-2-6-15-32)51-49(52-48)40-29-44-45(38-18-8-7-16-36(38)40)41-28-34(26-27-43(41)53-44)35-19-11-20-39-37-17-9-10-21-42(37)54-46(35)39/h1-29H. The molecular formula is C49H29N3O2. The second kappa shape index (κ2) is 12.1. The average Bonchev–Trinajstić information content (AvgIpc) is 3.82. The molecule has 0 atom stereocenters. The summed E-state index contributed by atoms with van der Waals surface area (Å²) in [6, 6.07) is 60.3. The van der Waals surface area contributed by atoms with Crippen LogP contribution >= 0.6 is 0 Å². The highest BCUT2D eigenvalue weighted by molar-refractivity contribution is 6.22. The summed E-state index contributed by atoms with van der Waals surface area (Å²) in [5.74, 6) is 1.80. The Labute approximate surface area is 309 Å². The van der Waals surface area contributed by atoms with E-state index in [1.54, 1.807) is 0 Å². The fourth-order valence-corrected chi connectivity index (χ4v) is 7.75. The SMILES string of the molecule is c1ccc(-c2ccc(-c3nc(-c4ccccc4)nc(-c4cc5oc6ccc(-c7cccc8c7oc7ccccc78)cc6c5c5ccccc45)n3)cc2)cc1. The summed E-state index contributed by atoms with van der Waals surface area (Å²) in [4.78, 5) is 15.2. The summed E-state index contributed by atoms with van der Waals surface area (Å²) in [6.07, 6.45) is 0. The van der Waals surface area contributed by atoms with Gasteiger partial charge in [-0.25, -0.2) is 15.0 Å². The predicted octanol–water partition coefficient (Wildman–Crippen LogP) is 13.2. The predicted molar refractivity (Wildman–Crippen MR) is 219 cm³/mol. The van der Waals surface area contributed by atoms with Crippen LogP contribution < -0.4 is 0 Å². The van der Waals surface area contributed by atoms with Gasteiger partial charge in [0, 0.05) is 43.8 Å². The Morgan fingerprint density at radius 3 is 1.63 bits per heavy atom. The summed E-state index contributed by atoms with van der Waals surface area (Å²) >= 11 is 0. The zero-order chi connectivity index (χ0) is 35.6. The minimum atomic E-state index is 0.585. The number of nitrogens with zero attached hydrogens (tertiary/aromatic N) is 3. The van der Waals surface area contributed by atoms with E-state index in [2.05, 4.69) is 127 Å². The first kappa shape index (κ1) is 30.3. The van der Waals surface area contributed by atoms with Crippen LogP contribution in [-0.2, 0) is 0 Å². The van der Waals surface area contributed by atoms with Crippen LogP contribution in [0.25, 0.3) is 111 Å². The van der Waals surface area contributed by atoms with Crippen LogP contribution in [-0.4, -0.2) is 15.0 Å². The summed E-state index contributed by atoms with van der Waals surface area (Å²) in [6.45, 7) is 0. The van der Waals surface area contributed by atoms with E-state index in [0.717, 1.165) is 93.6 Å². The fourth-order valence-electron chi connectivity index (χ4n) is 7.75. The van der Waals surface area contributed by atoms with Crippen LogP contribution in [0, 0.1) is 0 Å². The summed E-state index contributed by atoms with van der Waals surface area (Å²) in [5, 5.41) is 6.42. The van der Waals surface area contributed by atoms with Crippen molar-refractivity contribution in [3.63, 3.8) is 0 Å². The normalized spacial score (nSPS) is 11.7. The number of hydrogen-bond donors (Lipinski definition) is 0. The largest absolute Gasteiger partial charge is 0.456 e. The molecule has 0 fully saturated rings. The molecule has 0 radical (unpaired) electrons. The lowest BCUT2D eigenvalue weighted by molar-refractivity contribution is 0.668. The molecule has 0 amide bonds. The van der Waals surface area contributed by atoms with Gasteiger partial charge in [-0.2, -0.15) is 0 Å². The van der Waals surface area contributed by atoms with Crippen molar-refractivity contribution in [2.24, 2.45) is 0 Å². The van der Waals surface area contributed by atoms with Crippen LogP contribution in [0.4, 0.5) is 0 Å². The minimum Gasteiger partial charge on any atom is -0.456 e. The zero-order valence-electron chi connectivity index (χ0n) is 28.9. The minimum absolute atomic E-state index is 0.585. The molecule has 0 unspecified atom stereocenters. The molecule has 11 aromatic rings. The highest BCUT2D eigenvalue weighted by atomic mass is 16.3. The second-order valence-corrected chi connectivity index (χ2v) is 13.6. The van der Waals surface area contributed by atoms with E-state index in [4.69, 9.17) is 23.8 Å². The fraction of sp³-hybridized carbons (Fsp3) is 0. The molecule has 3 aromatic heterocycles. The molecule has 54 heavy (non-hydrogen) atoms. The lowest BCUT2D eigenvalue weighted by Crippen LogP contribution is -2.00. The quantitative estimate of drug-likeness (QED) is 0.180. The lowest BCUT2D eigenvalue weighted by Gasteiger charge is -2.11. The van der Waals surface area contributed by atoms with E-state index in [9.17, 15) is 0 Å². The number of aromatic nitrogens is 3. The number of fused-ring (bicyclic) bond motifs is 8. The molecule has 0 bridgehead atoms. The van der Waals surface area contributed by atoms with E-state index >= 15 is 0 Å². The first-order valence-electron chi connectivity index (χ1n) is 18.0. The maximum absolute atomic E-state index is 6.64. The average molecular weight is 692 g/mol. The topological polar surface area (TPSA) is 65.0 Å². The van der Waals surface area contributed by atoms with Crippen molar-refractivity contribution in [2.75, 3.05) is 0 Å². The molecule has 0 spiro atoms. The van der Waals surface area contributed by atoms with Crippen LogP contribution in [0.15, 0.2) is 185 Å². The third kappa shape index (κ3) is 4.90. The van der Waals surface area contributed by atoms with Crippen molar-refractivity contribution < 1.29 is 8.83 Å². The molecule has 0 saturated carbocycles. The lowest BCUT2D eigenvalue weighted by atomic mass is 9.96. The molecule has 0 saturated heterocycles. The van der Waals surface area contributed by atoms with Crippen molar-refractivity contribution in [3.8, 4) is 56.4 Å². The van der Waals surface area contributed by atoms with E-state index in [1.165, 1.54) is 0 Å². The van der Waals surface area contributed by atoms with Crippen LogP contribution in [0.2, 0.25) is 0 Å². The Kier molecular flexibility index (Phi) is 6.79. The summed E-state index contributed by atoms with van der Waals surface area (Å²) < 4.78 is 13.1. The first-order chi connectivity index (χ1) is 26.7. The highest BCUT2D eigenvalue weighted by Crippen LogP contribution is 2.42. The summed E-state index contributed by atoms with van der Waals surface area (Å²) in [7, 11) is 0. The van der Waals surface area contributed by atoms with Gasteiger partial charge < -0.3 is 8.83 Å². The van der Waals surface area contributed by atoms with E-state index < -0.39 is 0 Å². The van der Waals surface area contributed by atoms with Gasteiger partial charge in [0.25, 0.3) is 0 Å². The zero-order valence-corrected chi connectivity index (χ0v) is 28.9. The number of rotatable bonds is 5. The molecule has 3 heterocycles. The molecule has 5 nitrogen and oxygen atoms in total. The third-order valence-corrected chi connectivity index (χ3v) is 10.4. The van der Waals surface area contributed by atoms with Gasteiger partial charge >= 0.3 is 0 Å². The number of hydrogen-bond acceptors (Lipinski definition) is 5. The molecule has 252 valence electrons. The molecule has 0 N–H and O–H groups in total. The molecular weight excluding hydrogens is 663 g/mol. The Bertz CT molecular complexity index is 3200. The van der Waals surface area contributed by atoms with Gasteiger partial charge in [-0.05, 0) is 51.7 Å². The summed E-state index contributed by atoms with van der Waals surface area (Å²) in [5.41, 5.74) is 10.5. The maximum atomic E-state index is 6.64. The smallest absolute Gasteiger partial charge is 0.164 e. The Balaban J connectivity index is 1.10. The number of benzene rings is 8. The molecule has 0 aliphatic carbocycles. The first-order valence-corrected chi connectivity index (χ1v) is 18.0. The van der Waals surface area contributed by atoms with Crippen molar-refractivity contribution >= 4 is 54.6 Å². The monoisotopic (exact) mass is 691 g/mol. The van der Waals surface area contributed by atoms with Crippen LogP contribution in [0.5, 0.6) is 0 Å². The van der Waals surface area contributed by atoms with Gasteiger partial charge in [-0.3, -0.25) is 0 Å². The second-order valence-electron chi connectivity index (χ2n) is 13.6. The molecule has 11 rings (SSSR count). The Morgan fingerprint density at radius 2 is 0.852 bits per heavy atom. The molecule has 0 aliphatic rings. The Morgan fingerprint density at radius 1 is 0.296 bits per heavy atom. The van der Waals surface area contributed by atoms with Crippen molar-refractivity contribution in [3.05, 3.63) is 176 Å². The maximum Gasteiger partial charge on any atom is 0.164 e. The van der Waals surface area contributed by atoms with Crippen LogP contribution in [0.1, 0.15) is 0 Å².